The van der Waals surface area contributed by atoms with Crippen molar-refractivity contribution in [1.29, 1.82) is 0 Å². The maximum Gasteiger partial charge on any atom is 0.317 e. The number of fused-ring (bicyclic) bond motifs is 1. The van der Waals surface area contributed by atoms with E-state index in [1.165, 1.54) is 24.8 Å². The Morgan fingerprint density at radius 3 is 2.46 bits per heavy atom. The Kier molecular flexibility index (Phi) is 8.16. The summed E-state index contributed by atoms with van der Waals surface area (Å²) in [4.78, 5) is 16.6. The van der Waals surface area contributed by atoms with E-state index in [0.29, 0.717) is 16.9 Å². The minimum Gasteiger partial charge on any atom is -0.495 e. The van der Waals surface area contributed by atoms with Gasteiger partial charge in [-0.25, -0.2) is 0 Å². The zero-order valence-electron chi connectivity index (χ0n) is 22.5. The van der Waals surface area contributed by atoms with Gasteiger partial charge >= 0.3 is 5.97 Å². The van der Waals surface area contributed by atoms with Crippen LogP contribution in [-0.2, 0) is 21.4 Å². The summed E-state index contributed by atoms with van der Waals surface area (Å²) in [6, 6.07) is 16.5. The molecule has 1 saturated heterocycles. The van der Waals surface area contributed by atoms with Crippen molar-refractivity contribution in [2.24, 2.45) is 11.8 Å². The molecule has 1 aliphatic heterocycles. The number of methoxy groups -OCH3 is 1. The number of benzene rings is 2. The molecule has 2 aromatic rings. The third-order valence-corrected chi connectivity index (χ3v) is 9.82. The highest BCUT2D eigenvalue weighted by atomic mass is 35.5. The summed E-state index contributed by atoms with van der Waals surface area (Å²) < 4.78 is 11.9. The monoisotopic (exact) mass is 523 g/mol. The predicted octanol–water partition coefficient (Wildman–Crippen LogP) is 7.22. The third-order valence-electron chi connectivity index (χ3n) is 9.53. The quantitative estimate of drug-likeness (QED) is 0.284. The summed E-state index contributed by atoms with van der Waals surface area (Å²) in [5.74, 6) is 1.86. The van der Waals surface area contributed by atoms with E-state index in [1.54, 1.807) is 7.11 Å². The Morgan fingerprint density at radius 1 is 1.03 bits per heavy atom. The molecular weight excluding hydrogens is 482 g/mol. The average Bonchev–Trinajstić information content (AvgIpc) is 3.26. The number of carbonyl (C=O) groups excluding carboxylic acids is 1. The van der Waals surface area contributed by atoms with Crippen LogP contribution in [0.3, 0.4) is 0 Å². The molecule has 3 atom stereocenters. The van der Waals surface area contributed by atoms with Crippen LogP contribution < -0.4 is 4.74 Å². The van der Waals surface area contributed by atoms with Crippen LogP contribution in [-0.4, -0.2) is 43.2 Å². The largest absolute Gasteiger partial charge is 0.495 e. The SMILES string of the molecule is COc1ccc(CCN2CCC3C[C@](C)(OC(=O)C4(c5ccccc5)CCCCCC4)C3CC2)cc1Cl. The Balaban J connectivity index is 1.21. The second kappa shape index (κ2) is 11.4. The fourth-order valence-electron chi connectivity index (χ4n) is 7.28. The molecule has 5 heteroatoms. The van der Waals surface area contributed by atoms with Crippen molar-refractivity contribution in [1.82, 2.24) is 4.90 Å². The number of carbonyl (C=O) groups is 1. The molecule has 0 N–H and O–H groups in total. The van der Waals surface area contributed by atoms with E-state index < -0.39 is 5.41 Å². The van der Waals surface area contributed by atoms with Crippen molar-refractivity contribution < 1.29 is 14.3 Å². The minimum atomic E-state index is -0.484. The summed E-state index contributed by atoms with van der Waals surface area (Å²) in [7, 11) is 1.65. The summed E-state index contributed by atoms with van der Waals surface area (Å²) >= 11 is 6.33. The molecule has 2 aliphatic carbocycles. The van der Waals surface area contributed by atoms with Gasteiger partial charge in [0, 0.05) is 12.5 Å². The molecule has 5 rings (SSSR count). The number of halogens is 1. The molecule has 3 aliphatic rings. The smallest absolute Gasteiger partial charge is 0.317 e. The van der Waals surface area contributed by atoms with Gasteiger partial charge in [-0.1, -0.05) is 73.7 Å². The van der Waals surface area contributed by atoms with Gasteiger partial charge in [0.25, 0.3) is 0 Å². The lowest BCUT2D eigenvalue weighted by atomic mass is 9.59. The number of hydrogen-bond donors (Lipinski definition) is 0. The zero-order chi connectivity index (χ0) is 25.9. The molecule has 0 aromatic heterocycles. The Hall–Kier alpha value is -2.04. The van der Waals surface area contributed by atoms with Gasteiger partial charge in [-0.05, 0) is 87.7 Å². The number of rotatable bonds is 7. The number of nitrogens with zero attached hydrogens (tertiary/aromatic N) is 1. The lowest BCUT2D eigenvalue weighted by molar-refractivity contribution is -0.198. The fourth-order valence-corrected chi connectivity index (χ4v) is 7.56. The van der Waals surface area contributed by atoms with Crippen LogP contribution in [0.1, 0.15) is 75.8 Å². The van der Waals surface area contributed by atoms with Gasteiger partial charge < -0.3 is 14.4 Å². The molecule has 2 aromatic carbocycles. The van der Waals surface area contributed by atoms with Crippen molar-refractivity contribution in [3.63, 3.8) is 0 Å². The Bertz CT molecular complexity index is 1060. The van der Waals surface area contributed by atoms with E-state index in [4.69, 9.17) is 21.1 Å². The molecular formula is C32H42ClNO3. The Morgan fingerprint density at radius 2 is 1.76 bits per heavy atom. The summed E-state index contributed by atoms with van der Waals surface area (Å²) in [6.07, 6.45) is 10.7. The van der Waals surface area contributed by atoms with Crippen LogP contribution in [0, 0.1) is 11.8 Å². The fraction of sp³-hybridized carbons (Fsp3) is 0.594. The normalized spacial score (nSPS) is 27.8. The van der Waals surface area contributed by atoms with Crippen LogP contribution in [0.25, 0.3) is 0 Å². The van der Waals surface area contributed by atoms with Crippen molar-refractivity contribution in [3.05, 3.63) is 64.7 Å². The van der Waals surface area contributed by atoms with Crippen LogP contribution in [0.2, 0.25) is 5.02 Å². The number of esters is 1. The van der Waals surface area contributed by atoms with Crippen LogP contribution in [0.4, 0.5) is 0 Å². The predicted molar refractivity (Wildman–Crippen MR) is 149 cm³/mol. The Labute approximate surface area is 227 Å². The van der Waals surface area contributed by atoms with E-state index in [1.807, 2.05) is 18.2 Å². The molecule has 0 radical (unpaired) electrons. The molecule has 0 bridgehead atoms. The van der Waals surface area contributed by atoms with E-state index >= 15 is 0 Å². The maximum atomic E-state index is 14.0. The minimum absolute atomic E-state index is 0.0269. The highest BCUT2D eigenvalue weighted by Crippen LogP contribution is 2.53. The first-order chi connectivity index (χ1) is 17.9. The van der Waals surface area contributed by atoms with Gasteiger partial charge in [0.15, 0.2) is 0 Å². The van der Waals surface area contributed by atoms with Gasteiger partial charge in [-0.15, -0.1) is 0 Å². The van der Waals surface area contributed by atoms with Crippen LogP contribution in [0.5, 0.6) is 5.75 Å². The molecule has 0 spiro atoms. The number of likely N-dealkylation sites (tertiary alicyclic amines) is 1. The van der Waals surface area contributed by atoms with Crippen molar-refractivity contribution >= 4 is 17.6 Å². The standard InChI is InChI=1S/C32H42ClNO3/c1-31(37-30(35)32(17-8-3-4-9-18-32)26-10-6-5-7-11-26)23-25-15-20-34(21-16-27(25)31)19-14-24-12-13-29(36-2)28(33)22-24/h5-7,10-13,22,25,27H,3-4,8-9,14-21,23H2,1-2H3/t25?,27?,31-/m0/s1. The lowest BCUT2D eigenvalue weighted by Gasteiger charge is -2.53. The topological polar surface area (TPSA) is 38.8 Å². The van der Waals surface area contributed by atoms with Crippen molar-refractivity contribution in [2.75, 3.05) is 26.7 Å². The number of ether oxygens (including phenoxy) is 2. The van der Waals surface area contributed by atoms with Gasteiger partial charge in [0.1, 0.15) is 11.4 Å². The molecule has 1 heterocycles. The van der Waals surface area contributed by atoms with E-state index in [-0.39, 0.29) is 11.6 Å². The summed E-state index contributed by atoms with van der Waals surface area (Å²) in [5.41, 5.74) is 1.57. The molecule has 2 saturated carbocycles. The first kappa shape index (κ1) is 26.6. The molecule has 200 valence electrons. The molecule has 37 heavy (non-hydrogen) atoms. The molecule has 0 amide bonds. The van der Waals surface area contributed by atoms with Gasteiger partial charge in [-0.2, -0.15) is 0 Å². The highest BCUT2D eigenvalue weighted by Gasteiger charge is 2.55. The van der Waals surface area contributed by atoms with Crippen LogP contribution in [0.15, 0.2) is 48.5 Å². The molecule has 4 nitrogen and oxygen atoms in total. The maximum absolute atomic E-state index is 14.0. The number of hydrogen-bond acceptors (Lipinski definition) is 4. The third kappa shape index (κ3) is 5.56. The average molecular weight is 524 g/mol. The van der Waals surface area contributed by atoms with Gasteiger partial charge in [-0.3, -0.25) is 4.79 Å². The summed E-state index contributed by atoms with van der Waals surface area (Å²) in [6.45, 7) is 5.40. The van der Waals surface area contributed by atoms with Crippen molar-refractivity contribution in [2.45, 2.75) is 82.1 Å². The first-order valence-electron chi connectivity index (χ1n) is 14.3. The second-order valence-electron chi connectivity index (χ2n) is 11.8. The van der Waals surface area contributed by atoms with Crippen molar-refractivity contribution in [3.8, 4) is 5.75 Å². The van der Waals surface area contributed by atoms with E-state index in [2.05, 4.69) is 42.2 Å². The summed E-state index contributed by atoms with van der Waals surface area (Å²) in [5, 5.41) is 0.674. The van der Waals surface area contributed by atoms with E-state index in [0.717, 1.165) is 75.9 Å². The second-order valence-corrected chi connectivity index (χ2v) is 12.2. The van der Waals surface area contributed by atoms with Gasteiger partial charge in [0.05, 0.1) is 17.5 Å². The lowest BCUT2D eigenvalue weighted by Crippen LogP contribution is -2.56. The zero-order valence-corrected chi connectivity index (χ0v) is 23.3. The highest BCUT2D eigenvalue weighted by molar-refractivity contribution is 6.32. The van der Waals surface area contributed by atoms with Crippen LogP contribution >= 0.6 is 11.6 Å². The first-order valence-corrected chi connectivity index (χ1v) is 14.7. The van der Waals surface area contributed by atoms with Gasteiger partial charge in [0.2, 0.25) is 0 Å². The van der Waals surface area contributed by atoms with E-state index in [9.17, 15) is 4.79 Å². The molecule has 3 fully saturated rings. The molecule has 2 unspecified atom stereocenters.